The first-order chi connectivity index (χ1) is 44.5. The van der Waals surface area contributed by atoms with Gasteiger partial charge in [-0.3, -0.25) is 0 Å². The Hall–Kier alpha value is -9.65. The maximum atomic E-state index is 7.42. The van der Waals surface area contributed by atoms with E-state index in [0.717, 1.165) is 127 Å². The average Bonchev–Trinajstić information content (AvgIpc) is 0.695. The average molecular weight is 1200 g/mol. The quantitative estimate of drug-likeness (QED) is 0.141. The van der Waals surface area contributed by atoms with Crippen LogP contribution < -0.4 is 61.9 Å². The molecular weight excluding hydrogens is 1120 g/mol. The van der Waals surface area contributed by atoms with E-state index in [-0.39, 0.29) is 35.1 Å². The Morgan fingerprint density at radius 3 is 1.12 bits per heavy atom. The van der Waals surface area contributed by atoms with Gasteiger partial charge in [-0.15, -0.1) is 0 Å². The highest BCUT2D eigenvalue weighted by molar-refractivity contribution is 7.02. The van der Waals surface area contributed by atoms with Crippen LogP contribution in [0.5, 0.6) is 23.0 Å². The van der Waals surface area contributed by atoms with E-state index in [0.29, 0.717) is 0 Å². The first-order valence-corrected chi connectivity index (χ1v) is 33.2. The van der Waals surface area contributed by atoms with Crippen molar-refractivity contribution in [3.63, 3.8) is 0 Å². The first kappa shape index (κ1) is 56.3. The zero-order valence-electron chi connectivity index (χ0n) is 54.5. The fourth-order valence-electron chi connectivity index (χ4n) is 17.0. The summed E-state index contributed by atoms with van der Waals surface area (Å²) in [4.78, 5) is 10.2. The van der Waals surface area contributed by atoms with Gasteiger partial charge in [-0.25, -0.2) is 0 Å². The van der Waals surface area contributed by atoms with Gasteiger partial charge in [0.15, 0.2) is 0 Å². The number of hydrogen-bond acceptors (Lipinski definition) is 6. The predicted octanol–water partition coefficient (Wildman–Crippen LogP) is 18.8. The van der Waals surface area contributed by atoms with Crippen LogP contribution in [0, 0.1) is 13.8 Å². The summed E-state index contributed by atoms with van der Waals surface area (Å²) in [6, 6.07) is 86.3. The highest BCUT2D eigenvalue weighted by Gasteiger charge is 2.49. The van der Waals surface area contributed by atoms with Crippen LogP contribution in [0.2, 0.25) is 0 Å². The largest absolute Gasteiger partial charge is 0.458 e. The molecule has 8 heteroatoms. The zero-order valence-corrected chi connectivity index (χ0v) is 54.5. The van der Waals surface area contributed by atoms with E-state index in [2.05, 4.69) is 319 Å². The van der Waals surface area contributed by atoms with Crippen molar-refractivity contribution in [3.8, 4) is 23.0 Å². The molecule has 0 fully saturated rings. The molecule has 0 amide bonds. The van der Waals surface area contributed by atoms with Crippen LogP contribution in [-0.4, -0.2) is 13.4 Å². The van der Waals surface area contributed by atoms with Gasteiger partial charge in [0.2, 0.25) is 0 Å². The number of benzene rings is 11. The number of anilines is 12. The van der Waals surface area contributed by atoms with Crippen molar-refractivity contribution in [1.82, 2.24) is 0 Å². The first-order valence-electron chi connectivity index (χ1n) is 33.2. The Balaban J connectivity index is 0.952. The van der Waals surface area contributed by atoms with Crippen molar-refractivity contribution in [1.29, 1.82) is 0 Å². The Morgan fingerprint density at radius 2 is 0.696 bits per heavy atom. The van der Waals surface area contributed by atoms with E-state index in [1.807, 2.05) is 0 Å². The summed E-state index contributed by atoms with van der Waals surface area (Å²) in [7, 11) is 0. The van der Waals surface area contributed by atoms with Crippen molar-refractivity contribution in [3.05, 3.63) is 264 Å². The molecule has 0 aromatic heterocycles. The monoisotopic (exact) mass is 1190 g/mol. The fourth-order valence-corrected chi connectivity index (χ4v) is 17.0. The molecule has 0 unspecified atom stereocenters. The van der Waals surface area contributed by atoms with Gasteiger partial charge in [0, 0.05) is 57.6 Å². The Bertz CT molecular complexity index is 4560. The third-order valence-electron chi connectivity index (χ3n) is 21.8. The van der Waals surface area contributed by atoms with E-state index in [4.69, 9.17) is 9.47 Å². The molecule has 4 aliphatic heterocycles. The van der Waals surface area contributed by atoms with E-state index in [1.54, 1.807) is 0 Å². The van der Waals surface area contributed by atoms with Crippen molar-refractivity contribution < 1.29 is 9.47 Å². The lowest BCUT2D eigenvalue weighted by molar-refractivity contribution is 0.332. The van der Waals surface area contributed by atoms with Crippen LogP contribution in [-0.2, 0) is 21.7 Å². The van der Waals surface area contributed by atoms with Crippen molar-refractivity contribution >= 4 is 114 Å². The van der Waals surface area contributed by atoms with Gasteiger partial charge in [-0.2, -0.15) is 0 Å². The number of para-hydroxylation sites is 6. The molecule has 0 atom stereocenters. The standard InChI is InChI=1S/C84H76B2N4O2/c1-53-27-17-21-37-65(53)89(67-39-25-33-59-77(67)83(7,8)45-43-81(59,3)4)57-47-71-79-75(49-57)91-73-41-23-19-35-61(73)85(79)63-51-64-70(52-69(63)87(71)55-29-13-11-14-30-55)88(56-31-15-12-16-32-56)72-48-58(50-76-80(72)86(64)62-36-20-24-42-74(62)92-76)90(66-38-22-18-28-54(66)2)68-40-26-34-60-78(68)84(9,10)46-44-82(60,5)6/h11-42,47-52H,43-46H2,1-10H3. The van der Waals surface area contributed by atoms with Crippen LogP contribution >= 0.6 is 0 Å². The minimum atomic E-state index is -0.174. The topological polar surface area (TPSA) is 31.4 Å². The SMILES string of the molecule is Cc1ccccc1N(c1cc2c3c(c1)N(c1ccccc1)c1cc4c(cc1B3c1ccccc1O2)B1c2ccccc2Oc2cc(N(c3ccccc3C)c3cccc5c3C(C)(C)CCC5(C)C)cc(c21)N4c1ccccc1)c1cccc2c1C(C)(C)CCC2(C)C. The second-order valence-corrected chi connectivity index (χ2v) is 29.4. The van der Waals surface area contributed by atoms with E-state index >= 15 is 0 Å². The van der Waals surface area contributed by atoms with Crippen molar-refractivity contribution in [2.45, 2.75) is 117 Å². The van der Waals surface area contributed by atoms with Crippen LogP contribution in [0.15, 0.2) is 231 Å². The predicted molar refractivity (Wildman–Crippen MR) is 388 cm³/mol. The van der Waals surface area contributed by atoms with Gasteiger partial charge in [0.05, 0.1) is 22.7 Å². The maximum absolute atomic E-state index is 7.42. The molecule has 0 radical (unpaired) electrons. The highest BCUT2D eigenvalue weighted by atomic mass is 16.5. The molecule has 0 saturated carbocycles. The molecule has 11 aromatic rings. The lowest BCUT2D eigenvalue weighted by atomic mass is 9.31. The van der Waals surface area contributed by atoms with Gasteiger partial charge in [-0.1, -0.05) is 195 Å². The molecule has 6 nitrogen and oxygen atoms in total. The molecule has 0 spiro atoms. The molecular formula is C84H76B2N4O2. The van der Waals surface area contributed by atoms with Crippen LogP contribution in [0.1, 0.15) is 114 Å². The molecule has 0 bridgehead atoms. The van der Waals surface area contributed by atoms with Crippen LogP contribution in [0.4, 0.5) is 68.2 Å². The number of nitrogens with zero attached hydrogens (tertiary/aromatic N) is 4. The van der Waals surface area contributed by atoms with E-state index < -0.39 is 0 Å². The number of rotatable bonds is 8. The third-order valence-corrected chi connectivity index (χ3v) is 21.8. The number of ether oxygens (including phenoxy) is 2. The van der Waals surface area contributed by atoms with Gasteiger partial charge < -0.3 is 29.1 Å². The summed E-state index contributed by atoms with van der Waals surface area (Å²) >= 11 is 0. The molecule has 92 heavy (non-hydrogen) atoms. The van der Waals surface area contributed by atoms with Gasteiger partial charge in [0.1, 0.15) is 23.0 Å². The Kier molecular flexibility index (Phi) is 12.5. The molecule has 2 aliphatic carbocycles. The van der Waals surface area contributed by atoms with Gasteiger partial charge >= 0.3 is 0 Å². The fraction of sp³-hybridized carbons (Fsp3) is 0.214. The lowest BCUT2D eigenvalue weighted by Crippen LogP contribution is -2.63. The smallest absolute Gasteiger partial charge is 0.256 e. The zero-order chi connectivity index (χ0) is 62.7. The minimum absolute atomic E-state index is 0.00740. The van der Waals surface area contributed by atoms with Gasteiger partial charge in [0.25, 0.3) is 13.4 Å². The molecule has 0 N–H and O–H groups in total. The van der Waals surface area contributed by atoms with Crippen molar-refractivity contribution in [2.24, 2.45) is 0 Å². The summed E-state index contributed by atoms with van der Waals surface area (Å²) < 4.78 is 14.8. The second-order valence-electron chi connectivity index (χ2n) is 29.4. The van der Waals surface area contributed by atoms with Gasteiger partial charge in [-0.05, 0) is 206 Å². The molecule has 6 aliphatic rings. The minimum Gasteiger partial charge on any atom is -0.458 e. The summed E-state index contributed by atoms with van der Waals surface area (Å²) in [6.07, 6.45) is 4.44. The highest BCUT2D eigenvalue weighted by Crippen LogP contribution is 2.57. The molecule has 17 rings (SSSR count). The normalized spacial score (nSPS) is 16.6. The van der Waals surface area contributed by atoms with Crippen LogP contribution in [0.25, 0.3) is 0 Å². The summed E-state index contributed by atoms with van der Waals surface area (Å²) in [5.74, 6) is 3.47. The number of aryl methyl sites for hydroxylation is 2. The van der Waals surface area contributed by atoms with E-state index in [1.165, 1.54) is 55.7 Å². The Morgan fingerprint density at radius 1 is 0.326 bits per heavy atom. The molecule has 450 valence electrons. The Labute approximate surface area is 543 Å². The second kappa shape index (κ2) is 20.4. The summed E-state index contributed by atoms with van der Waals surface area (Å²) in [5.41, 5.74) is 28.4. The summed E-state index contributed by atoms with van der Waals surface area (Å²) in [6.45, 7) is 23.7. The van der Waals surface area contributed by atoms with Crippen molar-refractivity contribution in [2.75, 3.05) is 19.6 Å². The lowest BCUT2D eigenvalue weighted by Gasteiger charge is -2.46. The maximum Gasteiger partial charge on any atom is 0.256 e. The van der Waals surface area contributed by atoms with Crippen LogP contribution in [0.3, 0.4) is 0 Å². The number of hydrogen-bond donors (Lipinski definition) is 0. The van der Waals surface area contributed by atoms with E-state index in [9.17, 15) is 0 Å². The summed E-state index contributed by atoms with van der Waals surface area (Å²) in [5, 5.41) is 0. The number of fused-ring (bicyclic) bond motifs is 10. The molecule has 11 aromatic carbocycles. The molecule has 4 heterocycles. The molecule has 0 saturated heterocycles. The third kappa shape index (κ3) is 8.47.